The Morgan fingerprint density at radius 2 is 1.77 bits per heavy atom. The second-order valence-electron chi connectivity index (χ2n) is 7.80. The fraction of sp³-hybridized carbons (Fsp3) is 0.160. The molecule has 0 fully saturated rings. The van der Waals surface area contributed by atoms with Gasteiger partial charge in [-0.3, -0.25) is 9.59 Å². The highest BCUT2D eigenvalue weighted by molar-refractivity contribution is 7.99. The van der Waals surface area contributed by atoms with Crippen LogP contribution < -0.4 is 10.7 Å². The van der Waals surface area contributed by atoms with Crippen LogP contribution in [0.25, 0.3) is 10.9 Å². The summed E-state index contributed by atoms with van der Waals surface area (Å²) in [5.41, 5.74) is 6.59. The van der Waals surface area contributed by atoms with Gasteiger partial charge >= 0.3 is 0 Å². The molecule has 2 aromatic heterocycles. The average molecular weight is 507 g/mol. The monoisotopic (exact) mass is 506 g/mol. The van der Waals surface area contributed by atoms with E-state index in [1.807, 2.05) is 54.9 Å². The van der Waals surface area contributed by atoms with Gasteiger partial charge in [-0.2, -0.15) is 5.10 Å². The number of halogens is 1. The van der Waals surface area contributed by atoms with E-state index in [-0.39, 0.29) is 24.1 Å². The van der Waals surface area contributed by atoms with Crippen molar-refractivity contribution in [1.82, 2.24) is 20.0 Å². The zero-order chi connectivity index (χ0) is 24.8. The van der Waals surface area contributed by atoms with Crippen molar-refractivity contribution in [2.24, 2.45) is 5.10 Å². The Morgan fingerprint density at radius 1 is 1.06 bits per heavy atom. The van der Waals surface area contributed by atoms with Crippen LogP contribution in [0.15, 0.2) is 71.1 Å². The van der Waals surface area contributed by atoms with Crippen molar-refractivity contribution in [1.29, 1.82) is 0 Å². The number of hydrogen-bond acceptors (Lipinski definition) is 6. The third-order valence-corrected chi connectivity index (χ3v) is 6.05. The van der Waals surface area contributed by atoms with Crippen LogP contribution in [-0.4, -0.2) is 38.3 Å². The van der Waals surface area contributed by atoms with Crippen molar-refractivity contribution in [2.45, 2.75) is 25.5 Å². The zero-order valence-electron chi connectivity index (χ0n) is 19.2. The quantitative estimate of drug-likeness (QED) is 0.158. The van der Waals surface area contributed by atoms with Gasteiger partial charge in [-0.1, -0.05) is 41.6 Å². The van der Waals surface area contributed by atoms with Gasteiger partial charge in [0, 0.05) is 44.8 Å². The Bertz CT molecular complexity index is 1380. The summed E-state index contributed by atoms with van der Waals surface area (Å²) in [6, 6.07) is 16.5. The van der Waals surface area contributed by atoms with E-state index in [0.717, 1.165) is 27.9 Å². The Morgan fingerprint density at radius 3 is 2.51 bits per heavy atom. The minimum absolute atomic E-state index is 0.121. The predicted molar refractivity (Wildman–Crippen MR) is 140 cm³/mol. The molecule has 0 aliphatic carbocycles. The number of nitrogens with zero attached hydrogens (tertiary/aromatic N) is 4. The standard InChI is InChI=1S/C25H23ClN6O2S/c1-16-11-17(2)29-25(28-16)35-15-24(34)31-27-12-18-13-32(22-6-4-3-5-21(18)22)14-23(33)30-20-9-7-19(26)8-10-20/h3-13H,14-15H2,1-2H3,(H,30,33)(H,31,34)/b27-12-. The van der Waals surface area contributed by atoms with Crippen LogP contribution in [0, 0.1) is 13.8 Å². The Kier molecular flexibility index (Phi) is 7.79. The van der Waals surface area contributed by atoms with Crippen molar-refractivity contribution in [3.8, 4) is 0 Å². The number of anilines is 1. The number of aromatic nitrogens is 3. The van der Waals surface area contributed by atoms with E-state index in [2.05, 4.69) is 25.8 Å². The smallest absolute Gasteiger partial charge is 0.250 e. The van der Waals surface area contributed by atoms with Crippen LogP contribution in [0.5, 0.6) is 0 Å². The first-order valence-corrected chi connectivity index (χ1v) is 12.1. The van der Waals surface area contributed by atoms with Crippen LogP contribution in [0.4, 0.5) is 5.69 Å². The number of hydrogen-bond donors (Lipinski definition) is 2. The summed E-state index contributed by atoms with van der Waals surface area (Å²) in [6.45, 7) is 3.90. The van der Waals surface area contributed by atoms with E-state index in [9.17, 15) is 9.59 Å². The molecule has 35 heavy (non-hydrogen) atoms. The van der Waals surface area contributed by atoms with Gasteiger partial charge in [0.25, 0.3) is 5.91 Å². The predicted octanol–water partition coefficient (Wildman–Crippen LogP) is 4.58. The molecule has 10 heteroatoms. The number of amides is 2. The van der Waals surface area contributed by atoms with Gasteiger partial charge in [0.2, 0.25) is 5.91 Å². The fourth-order valence-electron chi connectivity index (χ4n) is 3.49. The van der Waals surface area contributed by atoms with Gasteiger partial charge in [-0.05, 0) is 50.2 Å². The highest BCUT2D eigenvalue weighted by atomic mass is 35.5. The van der Waals surface area contributed by atoms with Crippen molar-refractivity contribution in [3.63, 3.8) is 0 Å². The van der Waals surface area contributed by atoms with Gasteiger partial charge in [0.1, 0.15) is 6.54 Å². The molecule has 4 aromatic rings. The van der Waals surface area contributed by atoms with Crippen molar-refractivity contribution in [3.05, 3.63) is 82.8 Å². The number of thioether (sulfide) groups is 1. The zero-order valence-corrected chi connectivity index (χ0v) is 20.7. The highest BCUT2D eigenvalue weighted by Gasteiger charge is 2.11. The fourth-order valence-corrected chi connectivity index (χ4v) is 4.36. The molecule has 8 nitrogen and oxygen atoms in total. The Labute approximate surface area is 211 Å². The molecule has 178 valence electrons. The third-order valence-electron chi connectivity index (χ3n) is 4.95. The lowest BCUT2D eigenvalue weighted by atomic mass is 10.2. The summed E-state index contributed by atoms with van der Waals surface area (Å²) in [5.74, 6) is -0.289. The number of rotatable bonds is 8. The highest BCUT2D eigenvalue weighted by Crippen LogP contribution is 2.21. The topological polar surface area (TPSA) is 101 Å². The maximum absolute atomic E-state index is 12.6. The number of para-hydroxylation sites is 1. The first-order chi connectivity index (χ1) is 16.9. The van der Waals surface area contributed by atoms with Gasteiger partial charge < -0.3 is 9.88 Å². The molecule has 0 bridgehead atoms. The lowest BCUT2D eigenvalue weighted by Gasteiger charge is -2.07. The van der Waals surface area contributed by atoms with Crippen molar-refractivity contribution < 1.29 is 9.59 Å². The molecule has 2 heterocycles. The SMILES string of the molecule is Cc1cc(C)nc(SCC(=O)N/N=C\c2cn(CC(=O)Nc3ccc(Cl)cc3)c3ccccc23)n1. The molecular formula is C25H23ClN6O2S. The molecule has 0 aliphatic rings. The maximum Gasteiger partial charge on any atom is 0.250 e. The van der Waals surface area contributed by atoms with Crippen LogP contribution in [0.1, 0.15) is 17.0 Å². The minimum Gasteiger partial charge on any atom is -0.337 e. The molecular weight excluding hydrogens is 484 g/mol. The molecule has 0 aliphatic heterocycles. The average Bonchev–Trinajstić information content (AvgIpc) is 3.16. The number of benzene rings is 2. The van der Waals surface area contributed by atoms with E-state index >= 15 is 0 Å². The summed E-state index contributed by atoms with van der Waals surface area (Å²) >= 11 is 7.16. The second kappa shape index (κ2) is 11.2. The molecule has 0 saturated carbocycles. The molecule has 2 aromatic carbocycles. The molecule has 2 amide bonds. The summed E-state index contributed by atoms with van der Waals surface area (Å²) in [5, 5.41) is 9.05. The van der Waals surface area contributed by atoms with Gasteiger partial charge in [-0.15, -0.1) is 0 Å². The first-order valence-electron chi connectivity index (χ1n) is 10.8. The molecule has 0 saturated heterocycles. The maximum atomic E-state index is 12.6. The minimum atomic E-state index is -0.264. The number of carbonyl (C=O) groups is 2. The van der Waals surface area contributed by atoms with E-state index in [1.54, 1.807) is 30.5 Å². The molecule has 0 radical (unpaired) electrons. The Balaban J connectivity index is 1.39. The lowest BCUT2D eigenvalue weighted by molar-refractivity contribution is -0.118. The normalized spacial score (nSPS) is 11.2. The van der Waals surface area contributed by atoms with Gasteiger partial charge in [0.15, 0.2) is 5.16 Å². The van der Waals surface area contributed by atoms with E-state index in [4.69, 9.17) is 11.6 Å². The van der Waals surface area contributed by atoms with Crippen molar-refractivity contribution >= 4 is 58.0 Å². The summed E-state index contributed by atoms with van der Waals surface area (Å²) in [6.07, 6.45) is 3.41. The van der Waals surface area contributed by atoms with Gasteiger partial charge in [0.05, 0.1) is 12.0 Å². The summed E-state index contributed by atoms with van der Waals surface area (Å²) in [7, 11) is 0. The Hall–Kier alpha value is -3.69. The number of nitrogens with one attached hydrogen (secondary N) is 2. The van der Waals surface area contributed by atoms with Crippen LogP contribution >= 0.6 is 23.4 Å². The summed E-state index contributed by atoms with van der Waals surface area (Å²) < 4.78 is 1.84. The van der Waals surface area contributed by atoms with E-state index in [1.165, 1.54) is 11.8 Å². The number of carbonyl (C=O) groups excluding carboxylic acids is 2. The number of fused-ring (bicyclic) bond motifs is 1. The molecule has 0 unspecified atom stereocenters. The number of hydrazone groups is 1. The largest absolute Gasteiger partial charge is 0.337 e. The van der Waals surface area contributed by atoms with Crippen LogP contribution in [0.2, 0.25) is 5.02 Å². The molecule has 0 spiro atoms. The molecule has 2 N–H and O–H groups in total. The van der Waals surface area contributed by atoms with Crippen LogP contribution in [-0.2, 0) is 16.1 Å². The first kappa shape index (κ1) is 24.4. The van der Waals surface area contributed by atoms with Crippen molar-refractivity contribution in [2.75, 3.05) is 11.1 Å². The lowest BCUT2D eigenvalue weighted by Crippen LogP contribution is -2.20. The van der Waals surface area contributed by atoms with Crippen LogP contribution in [0.3, 0.4) is 0 Å². The number of aryl methyl sites for hydroxylation is 2. The third kappa shape index (κ3) is 6.68. The molecule has 4 rings (SSSR count). The van der Waals surface area contributed by atoms with E-state index < -0.39 is 0 Å². The van der Waals surface area contributed by atoms with E-state index in [0.29, 0.717) is 15.9 Å². The van der Waals surface area contributed by atoms with Gasteiger partial charge in [-0.25, -0.2) is 15.4 Å². The summed E-state index contributed by atoms with van der Waals surface area (Å²) in [4.78, 5) is 33.4. The second-order valence-corrected chi connectivity index (χ2v) is 9.18. The molecule has 0 atom stereocenters.